The molecular formula is C20H19N3O2. The minimum atomic E-state index is -0.293. The van der Waals surface area contributed by atoms with Gasteiger partial charge in [-0.15, -0.1) is 0 Å². The fourth-order valence-corrected chi connectivity index (χ4v) is 4.16. The van der Waals surface area contributed by atoms with Gasteiger partial charge < -0.3 is 9.64 Å². The van der Waals surface area contributed by atoms with Gasteiger partial charge in [-0.1, -0.05) is 36.4 Å². The van der Waals surface area contributed by atoms with Gasteiger partial charge >= 0.3 is 0 Å². The Bertz CT molecular complexity index is 1010. The average molecular weight is 333 g/mol. The molecule has 5 rings (SSSR count). The van der Waals surface area contributed by atoms with E-state index >= 15 is 0 Å². The van der Waals surface area contributed by atoms with Crippen molar-refractivity contribution in [1.29, 1.82) is 0 Å². The Kier molecular flexibility index (Phi) is 3.18. The lowest BCUT2D eigenvalue weighted by Gasteiger charge is -2.41. The molecular weight excluding hydrogens is 314 g/mol. The molecule has 5 heteroatoms. The second-order valence-corrected chi connectivity index (χ2v) is 6.83. The van der Waals surface area contributed by atoms with Gasteiger partial charge in [0.1, 0.15) is 5.60 Å². The molecule has 1 aliphatic heterocycles. The third-order valence-electron chi connectivity index (χ3n) is 5.39. The molecule has 1 aliphatic carbocycles. The molecule has 25 heavy (non-hydrogen) atoms. The van der Waals surface area contributed by atoms with E-state index < -0.39 is 0 Å². The van der Waals surface area contributed by atoms with Crippen molar-refractivity contribution in [1.82, 2.24) is 9.97 Å². The lowest BCUT2D eigenvalue weighted by molar-refractivity contribution is -0.0596. The predicted octanol–water partition coefficient (Wildman–Crippen LogP) is 2.60. The van der Waals surface area contributed by atoms with Crippen molar-refractivity contribution >= 4 is 16.9 Å². The monoisotopic (exact) mass is 333 g/mol. The van der Waals surface area contributed by atoms with Crippen LogP contribution in [-0.4, -0.2) is 29.7 Å². The minimum absolute atomic E-state index is 0.0898. The number of fused-ring (bicyclic) bond motifs is 3. The number of rotatable bonds is 1. The van der Waals surface area contributed by atoms with Gasteiger partial charge in [0.2, 0.25) is 5.95 Å². The summed E-state index contributed by atoms with van der Waals surface area (Å²) in [5.41, 5.74) is 2.99. The van der Waals surface area contributed by atoms with Gasteiger partial charge in [0.15, 0.2) is 0 Å². The molecule has 2 heterocycles. The fourth-order valence-electron chi connectivity index (χ4n) is 4.16. The van der Waals surface area contributed by atoms with Crippen LogP contribution in [0.15, 0.2) is 53.3 Å². The summed E-state index contributed by atoms with van der Waals surface area (Å²) >= 11 is 0. The molecule has 1 aromatic heterocycles. The number of nitrogens with one attached hydrogen (secondary N) is 1. The van der Waals surface area contributed by atoms with E-state index in [0.717, 1.165) is 24.9 Å². The SMILES string of the molecule is O=c1[nH]c(N2CCOC3(CCc4ccccc43)C2)nc2ccccc12. The zero-order valence-corrected chi connectivity index (χ0v) is 13.9. The third-order valence-corrected chi connectivity index (χ3v) is 5.39. The summed E-state index contributed by atoms with van der Waals surface area (Å²) in [6.07, 6.45) is 2.01. The molecule has 0 amide bonds. The van der Waals surface area contributed by atoms with Crippen LogP contribution in [0.3, 0.4) is 0 Å². The van der Waals surface area contributed by atoms with Crippen LogP contribution in [0.2, 0.25) is 0 Å². The zero-order valence-electron chi connectivity index (χ0n) is 13.9. The average Bonchev–Trinajstić information content (AvgIpc) is 3.00. The molecule has 1 saturated heterocycles. The maximum absolute atomic E-state index is 12.4. The Morgan fingerprint density at radius 3 is 2.92 bits per heavy atom. The van der Waals surface area contributed by atoms with Gasteiger partial charge in [-0.2, -0.15) is 0 Å². The topological polar surface area (TPSA) is 58.2 Å². The van der Waals surface area contributed by atoms with E-state index in [1.54, 1.807) is 6.07 Å². The number of aryl methyl sites for hydroxylation is 1. The molecule has 0 saturated carbocycles. The molecule has 1 N–H and O–H groups in total. The molecule has 5 nitrogen and oxygen atoms in total. The molecule has 2 aliphatic rings. The molecule has 1 atom stereocenters. The Morgan fingerprint density at radius 1 is 1.12 bits per heavy atom. The number of ether oxygens (including phenoxy) is 1. The number of hydrogen-bond donors (Lipinski definition) is 1. The Hall–Kier alpha value is -2.66. The number of H-pyrrole nitrogens is 1. The lowest BCUT2D eigenvalue weighted by atomic mass is 9.94. The van der Waals surface area contributed by atoms with E-state index in [2.05, 4.69) is 39.1 Å². The number of nitrogens with zero attached hydrogens (tertiary/aromatic N) is 2. The maximum Gasteiger partial charge on any atom is 0.260 e. The largest absolute Gasteiger partial charge is 0.367 e. The van der Waals surface area contributed by atoms with E-state index in [9.17, 15) is 4.79 Å². The van der Waals surface area contributed by atoms with Crippen LogP contribution in [0.4, 0.5) is 5.95 Å². The molecule has 1 spiro atoms. The highest BCUT2D eigenvalue weighted by Gasteiger charge is 2.43. The van der Waals surface area contributed by atoms with Gasteiger partial charge in [0.05, 0.1) is 24.1 Å². The molecule has 3 aromatic rings. The number of anilines is 1. The van der Waals surface area contributed by atoms with Crippen LogP contribution in [-0.2, 0) is 16.8 Å². The summed E-state index contributed by atoms with van der Waals surface area (Å²) in [7, 11) is 0. The van der Waals surface area contributed by atoms with E-state index in [1.165, 1.54) is 11.1 Å². The van der Waals surface area contributed by atoms with Crippen molar-refractivity contribution in [3.63, 3.8) is 0 Å². The first-order chi connectivity index (χ1) is 12.3. The molecule has 0 bridgehead atoms. The van der Waals surface area contributed by atoms with Crippen molar-refractivity contribution in [3.8, 4) is 0 Å². The summed E-state index contributed by atoms with van der Waals surface area (Å²) in [5.74, 6) is 0.635. The van der Waals surface area contributed by atoms with Gasteiger partial charge in [0, 0.05) is 6.54 Å². The highest BCUT2D eigenvalue weighted by Crippen LogP contribution is 2.42. The van der Waals surface area contributed by atoms with Crippen molar-refractivity contribution < 1.29 is 4.74 Å². The van der Waals surface area contributed by atoms with E-state index in [-0.39, 0.29) is 11.2 Å². The van der Waals surface area contributed by atoms with Gasteiger partial charge in [-0.25, -0.2) is 4.98 Å². The summed E-state index contributed by atoms with van der Waals surface area (Å²) in [5, 5.41) is 0.625. The number of benzene rings is 2. The lowest BCUT2D eigenvalue weighted by Crippen LogP contribution is -2.49. The maximum atomic E-state index is 12.4. The first-order valence-corrected chi connectivity index (χ1v) is 8.72. The normalized spacial score (nSPS) is 22.5. The van der Waals surface area contributed by atoms with E-state index in [4.69, 9.17) is 4.74 Å². The number of para-hydroxylation sites is 1. The fraction of sp³-hybridized carbons (Fsp3) is 0.300. The molecule has 2 aromatic carbocycles. The summed E-state index contributed by atoms with van der Waals surface area (Å²) in [6.45, 7) is 2.07. The van der Waals surface area contributed by atoms with E-state index in [1.807, 2.05) is 18.2 Å². The van der Waals surface area contributed by atoms with Crippen LogP contribution in [0.1, 0.15) is 17.5 Å². The number of hydrogen-bond acceptors (Lipinski definition) is 4. The van der Waals surface area contributed by atoms with Crippen molar-refractivity contribution in [2.24, 2.45) is 0 Å². The smallest absolute Gasteiger partial charge is 0.260 e. The second kappa shape index (κ2) is 5.43. The van der Waals surface area contributed by atoms with Gasteiger partial charge in [0.25, 0.3) is 5.56 Å². The standard InChI is InChI=1S/C20H19N3O2/c24-18-15-6-2-4-8-17(15)21-19(22-18)23-11-12-25-20(13-23)10-9-14-5-1-3-7-16(14)20/h1-8H,9-13H2,(H,21,22,24). The van der Waals surface area contributed by atoms with Crippen molar-refractivity contribution in [3.05, 3.63) is 70.0 Å². The number of aromatic nitrogens is 2. The van der Waals surface area contributed by atoms with Crippen molar-refractivity contribution in [2.75, 3.05) is 24.6 Å². The van der Waals surface area contributed by atoms with Gasteiger partial charge in [-0.3, -0.25) is 9.78 Å². The zero-order chi connectivity index (χ0) is 16.9. The van der Waals surface area contributed by atoms with Crippen LogP contribution < -0.4 is 10.5 Å². The van der Waals surface area contributed by atoms with Gasteiger partial charge in [-0.05, 0) is 36.1 Å². The van der Waals surface area contributed by atoms with Crippen molar-refractivity contribution in [2.45, 2.75) is 18.4 Å². The highest BCUT2D eigenvalue weighted by atomic mass is 16.5. The van der Waals surface area contributed by atoms with Crippen LogP contribution in [0.5, 0.6) is 0 Å². The molecule has 1 fully saturated rings. The first kappa shape index (κ1) is 14.7. The molecule has 126 valence electrons. The predicted molar refractivity (Wildman–Crippen MR) is 97.0 cm³/mol. The molecule has 1 unspecified atom stereocenters. The number of aromatic amines is 1. The third kappa shape index (κ3) is 2.27. The quantitative estimate of drug-likeness (QED) is 0.744. The number of morpholine rings is 1. The first-order valence-electron chi connectivity index (χ1n) is 8.72. The minimum Gasteiger partial charge on any atom is -0.367 e. The van der Waals surface area contributed by atoms with Crippen LogP contribution in [0, 0.1) is 0 Å². The second-order valence-electron chi connectivity index (χ2n) is 6.83. The Balaban J connectivity index is 1.55. The summed E-state index contributed by atoms with van der Waals surface area (Å²) in [6, 6.07) is 16.0. The Morgan fingerprint density at radius 2 is 1.96 bits per heavy atom. The van der Waals surface area contributed by atoms with E-state index in [0.29, 0.717) is 24.5 Å². The van der Waals surface area contributed by atoms with Crippen LogP contribution >= 0.6 is 0 Å². The van der Waals surface area contributed by atoms with Crippen LogP contribution in [0.25, 0.3) is 10.9 Å². The summed E-state index contributed by atoms with van der Waals surface area (Å²) in [4.78, 5) is 22.2. The highest BCUT2D eigenvalue weighted by molar-refractivity contribution is 5.78. The molecule has 0 radical (unpaired) electrons. The Labute approximate surface area is 145 Å². The summed E-state index contributed by atoms with van der Waals surface area (Å²) < 4.78 is 6.26.